The zero-order valence-corrected chi connectivity index (χ0v) is 14.6. The van der Waals surface area contributed by atoms with Crippen LogP contribution in [-0.2, 0) is 16.6 Å². The molecule has 2 atom stereocenters. The summed E-state index contributed by atoms with van der Waals surface area (Å²) < 4.78 is 0. The third kappa shape index (κ3) is 3.30. The summed E-state index contributed by atoms with van der Waals surface area (Å²) in [7, 11) is 0. The number of hydrogen-bond donors (Lipinski definition) is 2. The highest BCUT2D eigenvalue weighted by Crippen LogP contribution is 2.54. The molecule has 1 amide bonds. The lowest BCUT2D eigenvalue weighted by atomic mass is 9.92. The highest BCUT2D eigenvalue weighted by molar-refractivity contribution is 6.42. The Morgan fingerprint density at radius 3 is 2.54 bits per heavy atom. The summed E-state index contributed by atoms with van der Waals surface area (Å²) in [4.78, 5) is 12.8. The summed E-state index contributed by atoms with van der Waals surface area (Å²) >= 11 is 12.1. The zero-order chi connectivity index (χ0) is 17.2. The minimum atomic E-state index is -0.695. The Morgan fingerprint density at radius 1 is 1.17 bits per heavy atom. The smallest absolute Gasteiger partial charge is 0.231 e. The quantitative estimate of drug-likeness (QED) is 0.823. The van der Waals surface area contributed by atoms with Gasteiger partial charge in [0, 0.05) is 19.1 Å². The molecule has 2 aromatic rings. The normalized spacial score (nSPS) is 22.2. The van der Waals surface area contributed by atoms with Crippen LogP contribution in [0.3, 0.4) is 0 Å². The maximum absolute atomic E-state index is 12.8. The number of nitrogens with one attached hydrogen (secondary N) is 1. The molecule has 0 unspecified atom stereocenters. The van der Waals surface area contributed by atoms with Gasteiger partial charge in [0.15, 0.2) is 0 Å². The van der Waals surface area contributed by atoms with E-state index in [1.165, 1.54) is 5.56 Å². The summed E-state index contributed by atoms with van der Waals surface area (Å²) in [6.45, 7) is 0.538. The van der Waals surface area contributed by atoms with Gasteiger partial charge in [-0.1, -0.05) is 59.6 Å². The third-order valence-corrected chi connectivity index (χ3v) is 5.45. The molecule has 0 saturated heterocycles. The molecule has 1 aliphatic carbocycles. The number of carbonyl (C=O) groups excluding carboxylic acids is 1. The van der Waals surface area contributed by atoms with Gasteiger partial charge in [0.2, 0.25) is 5.91 Å². The number of aliphatic hydroxyl groups excluding tert-OH is 1. The SMILES string of the molecule is O=C(NCCc1ccccc1)[C@@]1(c2ccc(Cl)c(Cl)c2)C[C@H]1CO. The van der Waals surface area contributed by atoms with Crippen molar-refractivity contribution in [3.05, 3.63) is 69.7 Å². The molecule has 3 nitrogen and oxygen atoms in total. The fourth-order valence-corrected chi connectivity index (χ4v) is 3.51. The number of aliphatic hydroxyl groups is 1. The van der Waals surface area contributed by atoms with E-state index < -0.39 is 5.41 Å². The van der Waals surface area contributed by atoms with Crippen LogP contribution in [0.1, 0.15) is 17.5 Å². The topological polar surface area (TPSA) is 49.3 Å². The Hall–Kier alpha value is -1.55. The van der Waals surface area contributed by atoms with Crippen molar-refractivity contribution in [2.45, 2.75) is 18.3 Å². The second kappa shape index (κ2) is 7.14. The van der Waals surface area contributed by atoms with E-state index in [9.17, 15) is 9.90 Å². The number of benzene rings is 2. The second-order valence-electron chi connectivity index (χ2n) is 6.18. The molecule has 3 rings (SSSR count). The van der Waals surface area contributed by atoms with Crippen LogP contribution in [0.4, 0.5) is 0 Å². The van der Waals surface area contributed by atoms with Crippen LogP contribution in [0.15, 0.2) is 48.5 Å². The third-order valence-electron chi connectivity index (χ3n) is 4.71. The number of carbonyl (C=O) groups is 1. The van der Waals surface area contributed by atoms with E-state index in [0.717, 1.165) is 12.0 Å². The minimum Gasteiger partial charge on any atom is -0.396 e. The van der Waals surface area contributed by atoms with Gasteiger partial charge < -0.3 is 10.4 Å². The number of halogens is 2. The van der Waals surface area contributed by atoms with Crippen LogP contribution in [-0.4, -0.2) is 24.2 Å². The van der Waals surface area contributed by atoms with E-state index in [1.807, 2.05) is 36.4 Å². The Kier molecular flexibility index (Phi) is 5.14. The van der Waals surface area contributed by atoms with Gasteiger partial charge in [-0.2, -0.15) is 0 Å². The van der Waals surface area contributed by atoms with Crippen LogP contribution in [0.5, 0.6) is 0 Å². The van der Waals surface area contributed by atoms with Gasteiger partial charge in [-0.3, -0.25) is 4.79 Å². The minimum absolute atomic E-state index is 0.0215. The standard InChI is InChI=1S/C19H19Cl2NO2/c20-16-7-6-14(10-17(16)21)19(11-15(19)12-23)18(24)22-9-8-13-4-2-1-3-5-13/h1-7,10,15,23H,8-9,11-12H2,(H,22,24)/t15-,19+/m0/s1. The van der Waals surface area contributed by atoms with Crippen LogP contribution >= 0.6 is 23.2 Å². The fourth-order valence-electron chi connectivity index (χ4n) is 3.21. The van der Waals surface area contributed by atoms with Gasteiger partial charge in [0.05, 0.1) is 15.5 Å². The number of rotatable bonds is 6. The molecular weight excluding hydrogens is 345 g/mol. The second-order valence-corrected chi connectivity index (χ2v) is 6.99. The van der Waals surface area contributed by atoms with E-state index in [2.05, 4.69) is 5.32 Å². The van der Waals surface area contributed by atoms with E-state index >= 15 is 0 Å². The molecular formula is C19H19Cl2NO2. The van der Waals surface area contributed by atoms with Gasteiger partial charge in [-0.15, -0.1) is 0 Å². The molecule has 0 aromatic heterocycles. The monoisotopic (exact) mass is 363 g/mol. The van der Waals surface area contributed by atoms with Gasteiger partial charge >= 0.3 is 0 Å². The van der Waals surface area contributed by atoms with Crippen molar-refractivity contribution < 1.29 is 9.90 Å². The van der Waals surface area contributed by atoms with Crippen LogP contribution in [0, 0.1) is 5.92 Å². The molecule has 1 aliphatic rings. The van der Waals surface area contributed by atoms with Crippen LogP contribution in [0.2, 0.25) is 10.0 Å². The molecule has 126 valence electrons. The van der Waals surface area contributed by atoms with E-state index in [1.54, 1.807) is 12.1 Å². The molecule has 0 radical (unpaired) electrons. The maximum atomic E-state index is 12.8. The summed E-state index contributed by atoms with van der Waals surface area (Å²) in [5.74, 6) is -0.137. The lowest BCUT2D eigenvalue weighted by molar-refractivity contribution is -0.124. The molecule has 24 heavy (non-hydrogen) atoms. The predicted molar refractivity (Wildman–Crippen MR) is 96.5 cm³/mol. The number of amides is 1. The molecule has 1 saturated carbocycles. The first-order valence-electron chi connectivity index (χ1n) is 7.96. The van der Waals surface area contributed by atoms with Gasteiger partial charge in [0.25, 0.3) is 0 Å². The molecule has 5 heteroatoms. The van der Waals surface area contributed by atoms with Gasteiger partial charge in [0.1, 0.15) is 0 Å². The first-order chi connectivity index (χ1) is 11.6. The Labute approximate surface area is 151 Å². The average Bonchev–Trinajstić information content (AvgIpc) is 3.34. The van der Waals surface area contributed by atoms with Crippen molar-refractivity contribution in [1.29, 1.82) is 0 Å². The van der Waals surface area contributed by atoms with Crippen molar-refractivity contribution in [2.75, 3.05) is 13.2 Å². The average molecular weight is 364 g/mol. The highest BCUT2D eigenvalue weighted by Gasteiger charge is 2.60. The van der Waals surface area contributed by atoms with E-state index in [0.29, 0.717) is 23.0 Å². The lowest BCUT2D eigenvalue weighted by Gasteiger charge is -2.18. The van der Waals surface area contributed by atoms with Crippen molar-refractivity contribution in [3.63, 3.8) is 0 Å². The lowest BCUT2D eigenvalue weighted by Crippen LogP contribution is -2.37. The summed E-state index contributed by atoms with van der Waals surface area (Å²) in [6, 6.07) is 15.3. The first-order valence-corrected chi connectivity index (χ1v) is 8.72. The van der Waals surface area contributed by atoms with E-state index in [4.69, 9.17) is 23.2 Å². The molecule has 1 fully saturated rings. The fraction of sp³-hybridized carbons (Fsp3) is 0.316. The van der Waals surface area contributed by atoms with Crippen molar-refractivity contribution in [2.24, 2.45) is 5.92 Å². The predicted octanol–water partition coefficient (Wildman–Crippen LogP) is 3.60. The summed E-state index contributed by atoms with van der Waals surface area (Å²) in [6.07, 6.45) is 1.40. The Morgan fingerprint density at radius 2 is 1.92 bits per heavy atom. The molecule has 2 aromatic carbocycles. The van der Waals surface area contributed by atoms with Crippen molar-refractivity contribution in [1.82, 2.24) is 5.32 Å². The largest absolute Gasteiger partial charge is 0.396 e. The maximum Gasteiger partial charge on any atom is 0.231 e. The summed E-state index contributed by atoms with van der Waals surface area (Å²) in [5.41, 5.74) is 1.30. The van der Waals surface area contributed by atoms with E-state index in [-0.39, 0.29) is 18.4 Å². The Balaban J connectivity index is 1.71. The first kappa shape index (κ1) is 17.3. The Bertz CT molecular complexity index is 735. The summed E-state index contributed by atoms with van der Waals surface area (Å²) in [5, 5.41) is 13.4. The molecule has 0 aliphatic heterocycles. The zero-order valence-electron chi connectivity index (χ0n) is 13.1. The molecule has 0 heterocycles. The molecule has 0 bridgehead atoms. The van der Waals surface area contributed by atoms with Crippen molar-refractivity contribution in [3.8, 4) is 0 Å². The molecule has 2 N–H and O–H groups in total. The highest BCUT2D eigenvalue weighted by atomic mass is 35.5. The van der Waals surface area contributed by atoms with Gasteiger partial charge in [-0.05, 0) is 36.1 Å². The van der Waals surface area contributed by atoms with Crippen molar-refractivity contribution >= 4 is 29.1 Å². The van der Waals surface area contributed by atoms with Gasteiger partial charge in [-0.25, -0.2) is 0 Å². The molecule has 0 spiro atoms. The van der Waals surface area contributed by atoms with Crippen LogP contribution in [0.25, 0.3) is 0 Å². The van der Waals surface area contributed by atoms with Crippen LogP contribution < -0.4 is 5.32 Å². The number of hydrogen-bond acceptors (Lipinski definition) is 2.